The summed E-state index contributed by atoms with van der Waals surface area (Å²) in [5.41, 5.74) is 0.587. The van der Waals surface area contributed by atoms with Crippen molar-refractivity contribution in [2.45, 2.75) is 6.42 Å². The highest BCUT2D eigenvalue weighted by molar-refractivity contribution is 9.10. The number of nitrogens with zero attached hydrogens (tertiary/aromatic N) is 3. The molecule has 1 aliphatic rings. The molecule has 3 nitrogen and oxygen atoms in total. The molecule has 13 heavy (non-hydrogen) atoms. The molecule has 0 unspecified atom stereocenters. The van der Waals surface area contributed by atoms with Gasteiger partial charge in [-0.25, -0.2) is 4.98 Å². The van der Waals surface area contributed by atoms with Gasteiger partial charge in [-0.1, -0.05) is 0 Å². The van der Waals surface area contributed by atoms with Crippen molar-refractivity contribution in [2.75, 3.05) is 18.0 Å². The lowest BCUT2D eigenvalue weighted by atomic mass is 10.2. The van der Waals surface area contributed by atoms with Gasteiger partial charge in [-0.3, -0.25) is 0 Å². The topological polar surface area (TPSA) is 39.9 Å². The van der Waals surface area contributed by atoms with E-state index in [1.165, 1.54) is 6.42 Å². The van der Waals surface area contributed by atoms with Crippen LogP contribution in [0.3, 0.4) is 0 Å². The summed E-state index contributed by atoms with van der Waals surface area (Å²) >= 11 is 3.27. The first-order valence-electron chi connectivity index (χ1n) is 4.13. The third kappa shape index (κ3) is 1.52. The van der Waals surface area contributed by atoms with E-state index in [0.717, 1.165) is 18.9 Å². The highest BCUT2D eigenvalue weighted by Crippen LogP contribution is 2.22. The largest absolute Gasteiger partial charge is 0.356 e. The lowest BCUT2D eigenvalue weighted by Gasteiger charge is -2.32. The number of hydrogen-bond donors (Lipinski definition) is 0. The highest BCUT2D eigenvalue weighted by atomic mass is 79.9. The number of nitriles is 1. The lowest BCUT2D eigenvalue weighted by Crippen LogP contribution is -2.37. The second kappa shape index (κ2) is 3.35. The van der Waals surface area contributed by atoms with Gasteiger partial charge in [0, 0.05) is 13.1 Å². The maximum Gasteiger partial charge on any atom is 0.129 e. The van der Waals surface area contributed by atoms with Crippen LogP contribution in [-0.4, -0.2) is 18.1 Å². The van der Waals surface area contributed by atoms with Gasteiger partial charge in [0.05, 0.1) is 5.56 Å². The van der Waals surface area contributed by atoms with Crippen molar-refractivity contribution in [3.63, 3.8) is 0 Å². The van der Waals surface area contributed by atoms with Gasteiger partial charge in [-0.15, -0.1) is 0 Å². The van der Waals surface area contributed by atoms with E-state index in [-0.39, 0.29) is 0 Å². The Morgan fingerprint density at radius 3 is 2.69 bits per heavy atom. The Bertz CT molecular complexity index is 366. The minimum atomic E-state index is 0.587. The number of rotatable bonds is 1. The predicted molar refractivity (Wildman–Crippen MR) is 53.5 cm³/mol. The molecule has 0 saturated carbocycles. The van der Waals surface area contributed by atoms with Crippen molar-refractivity contribution >= 4 is 21.7 Å². The molecule has 66 valence electrons. The van der Waals surface area contributed by atoms with Crippen molar-refractivity contribution in [1.82, 2.24) is 4.98 Å². The van der Waals surface area contributed by atoms with Gasteiger partial charge in [0.25, 0.3) is 0 Å². The van der Waals surface area contributed by atoms with E-state index in [9.17, 15) is 0 Å². The smallest absolute Gasteiger partial charge is 0.129 e. The minimum Gasteiger partial charge on any atom is -0.356 e. The Morgan fingerprint density at radius 2 is 2.23 bits per heavy atom. The lowest BCUT2D eigenvalue weighted by molar-refractivity contribution is 0.609. The average Bonchev–Trinajstić information content (AvgIpc) is 2.01. The molecular weight excluding hydrogens is 230 g/mol. The Labute approximate surface area is 85.1 Å². The van der Waals surface area contributed by atoms with Crippen LogP contribution in [-0.2, 0) is 0 Å². The summed E-state index contributed by atoms with van der Waals surface area (Å²) in [6.07, 6.45) is 1.24. The molecule has 1 fully saturated rings. The molecule has 0 aromatic carbocycles. The monoisotopic (exact) mass is 237 g/mol. The zero-order chi connectivity index (χ0) is 9.26. The fourth-order valence-electron chi connectivity index (χ4n) is 1.23. The zero-order valence-electron chi connectivity index (χ0n) is 7.00. The molecule has 2 rings (SSSR count). The first kappa shape index (κ1) is 8.52. The summed E-state index contributed by atoms with van der Waals surface area (Å²) in [5.74, 6) is 0.956. The SMILES string of the molecule is N#Cc1ccc(N2CCC2)nc1Br. The van der Waals surface area contributed by atoms with Crippen molar-refractivity contribution in [2.24, 2.45) is 0 Å². The summed E-state index contributed by atoms with van der Waals surface area (Å²) in [6, 6.07) is 5.76. The van der Waals surface area contributed by atoms with Gasteiger partial charge in [0.15, 0.2) is 0 Å². The minimum absolute atomic E-state index is 0.587. The molecule has 0 aliphatic carbocycles. The number of anilines is 1. The van der Waals surface area contributed by atoms with E-state index >= 15 is 0 Å². The summed E-state index contributed by atoms with van der Waals surface area (Å²) in [7, 11) is 0. The Morgan fingerprint density at radius 1 is 1.46 bits per heavy atom. The van der Waals surface area contributed by atoms with Gasteiger partial charge in [0.1, 0.15) is 16.5 Å². The van der Waals surface area contributed by atoms with Crippen molar-refractivity contribution in [1.29, 1.82) is 5.26 Å². The van der Waals surface area contributed by atoms with Gasteiger partial charge < -0.3 is 4.90 Å². The molecule has 0 bridgehead atoms. The molecule has 1 saturated heterocycles. The van der Waals surface area contributed by atoms with Crippen LogP contribution < -0.4 is 4.90 Å². The molecule has 1 aromatic heterocycles. The van der Waals surface area contributed by atoms with Crippen LogP contribution >= 0.6 is 15.9 Å². The molecule has 1 aliphatic heterocycles. The maximum absolute atomic E-state index is 8.69. The van der Waals surface area contributed by atoms with Crippen LogP contribution in [0.5, 0.6) is 0 Å². The average molecular weight is 238 g/mol. The highest BCUT2D eigenvalue weighted by Gasteiger charge is 2.16. The molecule has 0 amide bonds. The first-order valence-corrected chi connectivity index (χ1v) is 4.92. The van der Waals surface area contributed by atoms with Crippen LogP contribution in [0.1, 0.15) is 12.0 Å². The van der Waals surface area contributed by atoms with Gasteiger partial charge in [0.2, 0.25) is 0 Å². The van der Waals surface area contributed by atoms with Gasteiger partial charge >= 0.3 is 0 Å². The fraction of sp³-hybridized carbons (Fsp3) is 0.333. The number of aromatic nitrogens is 1. The van der Waals surface area contributed by atoms with Crippen molar-refractivity contribution in [3.8, 4) is 6.07 Å². The molecule has 1 aromatic rings. The molecule has 0 atom stereocenters. The van der Waals surface area contributed by atoms with E-state index < -0.39 is 0 Å². The first-order chi connectivity index (χ1) is 6.31. The van der Waals surface area contributed by atoms with Crippen LogP contribution in [0.4, 0.5) is 5.82 Å². The van der Waals surface area contributed by atoms with E-state index in [1.54, 1.807) is 6.07 Å². The summed E-state index contributed by atoms with van der Waals surface area (Å²) in [4.78, 5) is 6.47. The molecule has 0 radical (unpaired) electrons. The van der Waals surface area contributed by atoms with E-state index in [0.29, 0.717) is 10.2 Å². The normalized spacial score (nSPS) is 14.9. The van der Waals surface area contributed by atoms with Crippen molar-refractivity contribution < 1.29 is 0 Å². The van der Waals surface area contributed by atoms with E-state index in [2.05, 4.69) is 31.9 Å². The van der Waals surface area contributed by atoms with Crippen LogP contribution in [0, 0.1) is 11.3 Å². The quantitative estimate of drug-likeness (QED) is 0.702. The van der Waals surface area contributed by atoms with E-state index in [4.69, 9.17) is 5.26 Å². The molecular formula is C9H8BrN3. The summed E-state index contributed by atoms with van der Waals surface area (Å²) < 4.78 is 0.638. The van der Waals surface area contributed by atoms with Crippen LogP contribution in [0.25, 0.3) is 0 Å². The Balaban J connectivity index is 2.30. The Kier molecular flexibility index (Phi) is 2.19. The fourth-order valence-corrected chi connectivity index (χ4v) is 1.63. The predicted octanol–water partition coefficient (Wildman–Crippen LogP) is 1.93. The third-order valence-corrected chi connectivity index (χ3v) is 2.74. The van der Waals surface area contributed by atoms with Gasteiger partial charge in [-0.05, 0) is 34.5 Å². The Hall–Kier alpha value is -1.08. The second-order valence-electron chi connectivity index (χ2n) is 2.96. The number of pyridine rings is 1. The van der Waals surface area contributed by atoms with Crippen molar-refractivity contribution in [3.05, 3.63) is 22.3 Å². The van der Waals surface area contributed by atoms with E-state index in [1.807, 2.05) is 6.07 Å². The summed E-state index contributed by atoms with van der Waals surface area (Å²) in [6.45, 7) is 2.15. The standard InChI is InChI=1S/C9H8BrN3/c10-9-7(6-11)2-3-8(12-9)13-4-1-5-13/h2-3H,1,4-5H2. The third-order valence-electron chi connectivity index (χ3n) is 2.13. The molecule has 2 heterocycles. The van der Waals surface area contributed by atoms with Gasteiger partial charge in [-0.2, -0.15) is 5.26 Å². The second-order valence-corrected chi connectivity index (χ2v) is 3.71. The van der Waals surface area contributed by atoms with Crippen LogP contribution in [0.2, 0.25) is 0 Å². The molecule has 4 heteroatoms. The molecule has 0 N–H and O–H groups in total. The number of hydrogen-bond acceptors (Lipinski definition) is 3. The summed E-state index contributed by atoms with van der Waals surface area (Å²) in [5, 5.41) is 8.69. The zero-order valence-corrected chi connectivity index (χ0v) is 8.58. The molecule has 0 spiro atoms. The maximum atomic E-state index is 8.69. The number of halogens is 1. The van der Waals surface area contributed by atoms with Crippen LogP contribution in [0.15, 0.2) is 16.7 Å².